The molecule has 1 heterocycles. The lowest BCUT2D eigenvalue weighted by atomic mass is 9.87. The Bertz CT molecular complexity index is 1030. The molecule has 0 atom stereocenters. The van der Waals surface area contributed by atoms with Gasteiger partial charge >= 0.3 is 0 Å². The number of rotatable bonds is 4. The Kier molecular flexibility index (Phi) is 5.37. The Balaban J connectivity index is 1.74. The maximum absolute atomic E-state index is 12.5. The van der Waals surface area contributed by atoms with Crippen molar-refractivity contribution in [3.8, 4) is 6.07 Å². The zero-order chi connectivity index (χ0) is 20.1. The molecule has 0 saturated heterocycles. The molecule has 3 rings (SSSR count). The number of nitrogens with one attached hydrogen (secondary N) is 2. The minimum Gasteiger partial charge on any atom is -0.339 e. The van der Waals surface area contributed by atoms with Gasteiger partial charge in [0.25, 0.3) is 5.91 Å². The molecule has 6 heteroatoms. The van der Waals surface area contributed by atoms with E-state index in [1.807, 2.05) is 30.3 Å². The average Bonchev–Trinajstić information content (AvgIpc) is 2.68. The Morgan fingerprint density at radius 3 is 2.43 bits per heavy atom. The summed E-state index contributed by atoms with van der Waals surface area (Å²) in [6.07, 6.45) is 1.31. The second-order valence-electron chi connectivity index (χ2n) is 7.35. The number of amides is 1. The molecular formula is C22H21N5O. The van der Waals surface area contributed by atoms with Crippen molar-refractivity contribution in [3.63, 3.8) is 0 Å². The first-order valence-corrected chi connectivity index (χ1v) is 8.87. The first-order valence-electron chi connectivity index (χ1n) is 8.87. The molecule has 0 aliphatic rings. The summed E-state index contributed by atoms with van der Waals surface area (Å²) in [5, 5.41) is 15.1. The monoisotopic (exact) mass is 371 g/mol. The molecule has 0 saturated carbocycles. The lowest BCUT2D eigenvalue weighted by Crippen LogP contribution is -2.15. The SMILES string of the molecule is CC(C)(C)c1ccc(NC(=O)c2cc(Nc3ccccc3C#N)ncn2)cc1. The minimum absolute atomic E-state index is 0.0511. The van der Waals surface area contributed by atoms with Gasteiger partial charge in [-0.15, -0.1) is 0 Å². The first kappa shape index (κ1) is 19.1. The van der Waals surface area contributed by atoms with E-state index in [9.17, 15) is 10.1 Å². The molecule has 0 aliphatic heterocycles. The molecule has 0 fully saturated rings. The van der Waals surface area contributed by atoms with E-state index >= 15 is 0 Å². The van der Waals surface area contributed by atoms with Crippen molar-refractivity contribution in [2.75, 3.05) is 10.6 Å². The number of para-hydroxylation sites is 1. The van der Waals surface area contributed by atoms with Gasteiger partial charge < -0.3 is 10.6 Å². The van der Waals surface area contributed by atoms with Crippen molar-refractivity contribution in [1.82, 2.24) is 9.97 Å². The third-order valence-corrected chi connectivity index (χ3v) is 4.22. The van der Waals surface area contributed by atoms with Crippen LogP contribution >= 0.6 is 0 Å². The van der Waals surface area contributed by atoms with Crippen LogP contribution < -0.4 is 10.6 Å². The van der Waals surface area contributed by atoms with Crippen LogP contribution in [0.1, 0.15) is 42.4 Å². The van der Waals surface area contributed by atoms with Gasteiger partial charge in [-0.25, -0.2) is 9.97 Å². The normalized spacial score (nSPS) is 10.8. The van der Waals surface area contributed by atoms with Gasteiger partial charge in [0.2, 0.25) is 0 Å². The number of anilines is 3. The standard InChI is InChI=1S/C22H21N5O/c1-22(2,3)16-8-10-17(11-9-16)26-21(28)19-12-20(25-14-24-19)27-18-7-5-4-6-15(18)13-23/h4-12,14H,1-3H3,(H,26,28)(H,24,25,27). The van der Waals surface area contributed by atoms with Crippen molar-refractivity contribution < 1.29 is 4.79 Å². The van der Waals surface area contributed by atoms with Gasteiger partial charge in [-0.1, -0.05) is 45.0 Å². The predicted octanol–water partition coefficient (Wildman–Crippen LogP) is 4.64. The first-order chi connectivity index (χ1) is 13.4. The molecular weight excluding hydrogens is 350 g/mol. The number of nitriles is 1. The van der Waals surface area contributed by atoms with Crippen LogP contribution in [0, 0.1) is 11.3 Å². The van der Waals surface area contributed by atoms with Crippen LogP contribution in [-0.4, -0.2) is 15.9 Å². The lowest BCUT2D eigenvalue weighted by Gasteiger charge is -2.19. The summed E-state index contributed by atoms with van der Waals surface area (Å²) in [6, 6.07) is 18.5. The summed E-state index contributed by atoms with van der Waals surface area (Å²) < 4.78 is 0. The molecule has 2 N–H and O–H groups in total. The Labute approximate surface area is 164 Å². The van der Waals surface area contributed by atoms with Gasteiger partial charge in [-0.05, 0) is 35.2 Å². The van der Waals surface area contributed by atoms with E-state index in [0.29, 0.717) is 22.8 Å². The highest BCUT2D eigenvalue weighted by Crippen LogP contribution is 2.24. The molecule has 0 radical (unpaired) electrons. The number of nitrogens with zero attached hydrogens (tertiary/aromatic N) is 3. The Morgan fingerprint density at radius 2 is 1.75 bits per heavy atom. The number of carbonyl (C=O) groups excluding carboxylic acids is 1. The van der Waals surface area contributed by atoms with Gasteiger partial charge in [0.15, 0.2) is 0 Å². The number of hydrogen-bond donors (Lipinski definition) is 2. The number of benzene rings is 2. The van der Waals surface area contributed by atoms with Crippen molar-refractivity contribution >= 4 is 23.1 Å². The fourth-order valence-electron chi connectivity index (χ4n) is 2.63. The summed E-state index contributed by atoms with van der Waals surface area (Å²) in [7, 11) is 0. The van der Waals surface area contributed by atoms with Gasteiger partial charge in [0.05, 0.1) is 11.3 Å². The summed E-state index contributed by atoms with van der Waals surface area (Å²) >= 11 is 0. The summed E-state index contributed by atoms with van der Waals surface area (Å²) in [5.74, 6) is 0.105. The maximum atomic E-state index is 12.5. The van der Waals surface area contributed by atoms with Crippen LogP contribution in [-0.2, 0) is 5.41 Å². The zero-order valence-corrected chi connectivity index (χ0v) is 16.0. The fraction of sp³-hybridized carbons (Fsp3) is 0.182. The Morgan fingerprint density at radius 1 is 1.04 bits per heavy atom. The van der Waals surface area contributed by atoms with Gasteiger partial charge in [0.1, 0.15) is 23.9 Å². The summed E-state index contributed by atoms with van der Waals surface area (Å²) in [5.41, 5.74) is 3.28. The maximum Gasteiger partial charge on any atom is 0.274 e. The van der Waals surface area contributed by atoms with Gasteiger partial charge in [-0.3, -0.25) is 4.79 Å². The lowest BCUT2D eigenvalue weighted by molar-refractivity contribution is 0.102. The number of aromatic nitrogens is 2. The molecule has 6 nitrogen and oxygen atoms in total. The van der Waals surface area contributed by atoms with Crippen LogP contribution in [0.2, 0.25) is 0 Å². The van der Waals surface area contributed by atoms with Crippen LogP contribution in [0.25, 0.3) is 0 Å². The number of hydrogen-bond acceptors (Lipinski definition) is 5. The molecule has 140 valence electrons. The molecule has 0 bridgehead atoms. The van der Waals surface area contributed by atoms with Crippen LogP contribution in [0.4, 0.5) is 17.2 Å². The van der Waals surface area contributed by atoms with E-state index in [-0.39, 0.29) is 17.0 Å². The van der Waals surface area contributed by atoms with E-state index in [1.54, 1.807) is 24.3 Å². The molecule has 2 aromatic carbocycles. The average molecular weight is 371 g/mol. The molecule has 1 aromatic heterocycles. The summed E-state index contributed by atoms with van der Waals surface area (Å²) in [6.45, 7) is 6.42. The van der Waals surface area contributed by atoms with E-state index in [2.05, 4.69) is 47.4 Å². The second-order valence-corrected chi connectivity index (χ2v) is 7.35. The van der Waals surface area contributed by atoms with E-state index < -0.39 is 0 Å². The molecule has 0 unspecified atom stereocenters. The van der Waals surface area contributed by atoms with Crippen molar-refractivity contribution in [3.05, 3.63) is 77.7 Å². The molecule has 0 spiro atoms. The summed E-state index contributed by atoms with van der Waals surface area (Å²) in [4.78, 5) is 20.7. The van der Waals surface area contributed by atoms with Gasteiger partial charge in [-0.2, -0.15) is 5.26 Å². The second kappa shape index (κ2) is 7.89. The highest BCUT2D eigenvalue weighted by molar-refractivity contribution is 6.03. The number of carbonyl (C=O) groups is 1. The Hall–Kier alpha value is -3.72. The minimum atomic E-state index is -0.331. The topological polar surface area (TPSA) is 90.7 Å². The van der Waals surface area contributed by atoms with Crippen LogP contribution in [0.3, 0.4) is 0 Å². The van der Waals surface area contributed by atoms with E-state index in [4.69, 9.17) is 0 Å². The van der Waals surface area contributed by atoms with Gasteiger partial charge in [0, 0.05) is 11.8 Å². The zero-order valence-electron chi connectivity index (χ0n) is 16.0. The van der Waals surface area contributed by atoms with Crippen molar-refractivity contribution in [2.45, 2.75) is 26.2 Å². The highest BCUT2D eigenvalue weighted by atomic mass is 16.1. The van der Waals surface area contributed by atoms with Crippen molar-refractivity contribution in [2.24, 2.45) is 0 Å². The molecule has 1 amide bonds. The quantitative estimate of drug-likeness (QED) is 0.697. The van der Waals surface area contributed by atoms with E-state index in [1.165, 1.54) is 11.9 Å². The smallest absolute Gasteiger partial charge is 0.274 e. The molecule has 0 aliphatic carbocycles. The highest BCUT2D eigenvalue weighted by Gasteiger charge is 2.14. The third-order valence-electron chi connectivity index (χ3n) is 4.22. The third kappa shape index (κ3) is 4.51. The van der Waals surface area contributed by atoms with Crippen LogP contribution in [0.5, 0.6) is 0 Å². The largest absolute Gasteiger partial charge is 0.339 e. The van der Waals surface area contributed by atoms with E-state index in [0.717, 1.165) is 0 Å². The molecule has 3 aromatic rings. The van der Waals surface area contributed by atoms with Crippen LogP contribution in [0.15, 0.2) is 60.9 Å². The van der Waals surface area contributed by atoms with Crippen molar-refractivity contribution in [1.29, 1.82) is 5.26 Å². The molecule has 28 heavy (non-hydrogen) atoms. The predicted molar refractivity (Wildman–Crippen MR) is 110 cm³/mol. The fourth-order valence-corrected chi connectivity index (χ4v) is 2.63.